The zero-order valence-electron chi connectivity index (χ0n) is 11.0. The molecule has 1 aromatic heterocycles. The number of nitrogens with zero attached hydrogens (tertiary/aromatic N) is 1. The van der Waals surface area contributed by atoms with Gasteiger partial charge < -0.3 is 20.8 Å². The Morgan fingerprint density at radius 3 is 2.50 bits per heavy atom. The van der Waals surface area contributed by atoms with Crippen LogP contribution in [0.3, 0.4) is 0 Å². The molecule has 116 valence electrons. The minimum Gasteiger partial charge on any atom is -0.595 e. The third kappa shape index (κ3) is 3.53. The number of pyridine rings is 1. The number of rotatable bonds is 5. The predicted molar refractivity (Wildman–Crippen MR) is 72.5 cm³/mol. The fourth-order valence-corrected chi connectivity index (χ4v) is 1.71. The van der Waals surface area contributed by atoms with E-state index < -0.39 is 16.4 Å². The predicted octanol–water partition coefficient (Wildman–Crippen LogP) is -0.670. The number of anilines is 2. The van der Waals surface area contributed by atoms with Crippen molar-refractivity contribution in [2.45, 2.75) is 0 Å². The Hall–Kier alpha value is -2.60. The van der Waals surface area contributed by atoms with Gasteiger partial charge in [0.05, 0.1) is 17.8 Å². The molecule has 2 atom stereocenters. The maximum absolute atomic E-state index is 11.2. The van der Waals surface area contributed by atoms with Gasteiger partial charge in [0.1, 0.15) is 0 Å². The van der Waals surface area contributed by atoms with E-state index in [1.165, 1.54) is 24.3 Å². The van der Waals surface area contributed by atoms with Crippen LogP contribution in [0.4, 0.5) is 22.9 Å². The summed E-state index contributed by atoms with van der Waals surface area (Å²) in [5.41, 5.74) is -0.259. The summed E-state index contributed by atoms with van der Waals surface area (Å²) in [6, 6.07) is 6.68. The van der Waals surface area contributed by atoms with Crippen LogP contribution < -0.4 is 15.8 Å². The van der Waals surface area contributed by atoms with Gasteiger partial charge in [-0.05, 0) is 18.2 Å². The highest BCUT2D eigenvalue weighted by Crippen LogP contribution is 2.22. The van der Waals surface area contributed by atoms with Crippen molar-refractivity contribution >= 4 is 28.8 Å². The largest absolute Gasteiger partial charge is 0.595 e. The minimum atomic E-state index is -1.35. The summed E-state index contributed by atoms with van der Waals surface area (Å²) in [4.78, 5) is 14.7. The summed E-state index contributed by atoms with van der Waals surface area (Å²) in [5, 5.41) is 48.9. The first-order chi connectivity index (χ1) is 10.4. The first-order valence-electron chi connectivity index (χ1n) is 5.95. The molecule has 1 heterocycles. The third-order valence-electron chi connectivity index (χ3n) is 2.74. The van der Waals surface area contributed by atoms with E-state index >= 15 is 0 Å². The van der Waals surface area contributed by atoms with Gasteiger partial charge in [0.25, 0.3) is 0 Å². The highest BCUT2D eigenvalue weighted by atomic mass is 16.8. The zero-order valence-corrected chi connectivity index (χ0v) is 11.0. The molecule has 0 amide bonds. The highest BCUT2D eigenvalue weighted by molar-refractivity contribution is 5.89. The number of quaternary nitrogens is 2. The van der Waals surface area contributed by atoms with Crippen molar-refractivity contribution in [2.75, 3.05) is 5.32 Å². The summed E-state index contributed by atoms with van der Waals surface area (Å²) in [6.45, 7) is 0. The number of hydrogen-bond donors (Lipinski definition) is 6. The van der Waals surface area contributed by atoms with Gasteiger partial charge in [0.15, 0.2) is 11.5 Å². The molecule has 1 aromatic carbocycles. The second-order valence-electron chi connectivity index (χ2n) is 4.24. The van der Waals surface area contributed by atoms with Crippen LogP contribution in [0.2, 0.25) is 0 Å². The van der Waals surface area contributed by atoms with Crippen LogP contribution in [-0.2, 0) is 0 Å². The molecule has 10 heteroatoms. The van der Waals surface area contributed by atoms with Crippen molar-refractivity contribution in [1.29, 1.82) is 0 Å². The van der Waals surface area contributed by atoms with E-state index in [1.807, 2.05) is 0 Å². The molecule has 0 saturated heterocycles. The molecular formula is C12H12N4O6. The molecule has 2 rings (SSSR count). The molecule has 10 nitrogen and oxygen atoms in total. The maximum Gasteiger partial charge on any atom is 0.335 e. The van der Waals surface area contributed by atoms with Crippen LogP contribution in [0.5, 0.6) is 0 Å². The van der Waals surface area contributed by atoms with Gasteiger partial charge in [0, 0.05) is 5.69 Å². The lowest BCUT2D eigenvalue weighted by Crippen LogP contribution is -3.01. The standard InChI is InChI=1S/C12H12N4O6/c17-12(18)7-2-1-3-8(4-7)14-11-10(16(21)22)5-9(6-13-11)15(19)20/h1-6,15-16,19,21H,(H,13,14)(H,17,18). The zero-order chi connectivity index (χ0) is 16.3. The van der Waals surface area contributed by atoms with E-state index in [0.717, 1.165) is 12.3 Å². The van der Waals surface area contributed by atoms with Crippen LogP contribution in [0, 0.1) is 10.4 Å². The van der Waals surface area contributed by atoms with Gasteiger partial charge in [-0.2, -0.15) is 10.5 Å². The molecular weight excluding hydrogens is 296 g/mol. The van der Waals surface area contributed by atoms with E-state index in [2.05, 4.69) is 10.3 Å². The summed E-state index contributed by atoms with van der Waals surface area (Å²) in [7, 11) is 0. The minimum absolute atomic E-state index is 0.0176. The van der Waals surface area contributed by atoms with Crippen LogP contribution in [-0.4, -0.2) is 26.5 Å². The Morgan fingerprint density at radius 2 is 1.91 bits per heavy atom. The van der Waals surface area contributed by atoms with Crippen molar-refractivity contribution in [3.8, 4) is 0 Å². The number of aromatic carboxylic acids is 1. The van der Waals surface area contributed by atoms with E-state index in [1.54, 1.807) is 0 Å². The molecule has 2 unspecified atom stereocenters. The number of carboxylic acids is 1. The lowest BCUT2D eigenvalue weighted by Gasteiger charge is -2.18. The van der Waals surface area contributed by atoms with Crippen molar-refractivity contribution in [3.63, 3.8) is 0 Å². The number of carbonyl (C=O) groups is 1. The summed E-state index contributed by atoms with van der Waals surface area (Å²) < 4.78 is 0. The molecule has 0 aliphatic heterocycles. The number of hydrogen-bond acceptors (Lipinski definition) is 7. The summed E-state index contributed by atoms with van der Waals surface area (Å²) in [5.74, 6) is -1.21. The SMILES string of the molecule is O=C(O)c1cccc(Nc2ncc([NH+]([O-])O)cc2[NH+]([O-])O)c1. The van der Waals surface area contributed by atoms with Gasteiger partial charge in [-0.3, -0.25) is 0 Å². The fraction of sp³-hybridized carbons (Fsp3) is 0. The molecule has 6 N–H and O–H groups in total. The molecule has 0 aliphatic rings. The van der Waals surface area contributed by atoms with Crippen LogP contribution in [0.1, 0.15) is 10.4 Å². The Bertz CT molecular complexity index is 691. The monoisotopic (exact) mass is 308 g/mol. The third-order valence-corrected chi connectivity index (χ3v) is 2.74. The molecule has 0 aliphatic carbocycles. The number of nitrogens with one attached hydrogen (secondary N) is 3. The van der Waals surface area contributed by atoms with Gasteiger partial charge in [-0.15, -0.1) is 0 Å². The van der Waals surface area contributed by atoms with Crippen molar-refractivity contribution in [3.05, 3.63) is 52.5 Å². The van der Waals surface area contributed by atoms with E-state index in [-0.39, 0.29) is 22.8 Å². The Kier molecular flexibility index (Phi) is 4.62. The number of carboxylic acid groups (broad SMARTS) is 1. The van der Waals surface area contributed by atoms with Crippen LogP contribution >= 0.6 is 0 Å². The molecule has 0 spiro atoms. The summed E-state index contributed by atoms with van der Waals surface area (Å²) >= 11 is 0. The van der Waals surface area contributed by atoms with Crippen molar-refractivity contribution in [2.24, 2.45) is 0 Å². The average molecular weight is 308 g/mol. The van der Waals surface area contributed by atoms with E-state index in [9.17, 15) is 15.2 Å². The second kappa shape index (κ2) is 6.44. The first kappa shape index (κ1) is 15.8. The highest BCUT2D eigenvalue weighted by Gasteiger charge is 2.16. The van der Waals surface area contributed by atoms with E-state index in [0.29, 0.717) is 5.69 Å². The Labute approximate surface area is 123 Å². The maximum atomic E-state index is 11.2. The average Bonchev–Trinajstić information content (AvgIpc) is 2.47. The number of benzene rings is 1. The topological polar surface area (TPSA) is 158 Å². The normalized spacial score (nSPS) is 13.5. The van der Waals surface area contributed by atoms with Crippen LogP contribution in [0.15, 0.2) is 36.5 Å². The van der Waals surface area contributed by atoms with Crippen molar-refractivity contribution in [1.82, 2.24) is 4.98 Å². The first-order valence-corrected chi connectivity index (χ1v) is 5.95. The molecule has 0 radical (unpaired) electrons. The lowest BCUT2D eigenvalue weighted by atomic mass is 10.2. The van der Waals surface area contributed by atoms with E-state index in [4.69, 9.17) is 15.5 Å². The molecule has 2 aromatic rings. The van der Waals surface area contributed by atoms with Gasteiger partial charge in [-0.25, -0.2) is 20.2 Å². The Morgan fingerprint density at radius 1 is 1.18 bits per heavy atom. The number of aromatic nitrogens is 1. The Balaban J connectivity index is 2.36. The molecule has 0 bridgehead atoms. The van der Waals surface area contributed by atoms with Gasteiger partial charge in [0.2, 0.25) is 5.69 Å². The summed E-state index contributed by atoms with van der Waals surface area (Å²) in [6.07, 6.45) is 1.01. The second-order valence-corrected chi connectivity index (χ2v) is 4.24. The fourth-order valence-electron chi connectivity index (χ4n) is 1.71. The molecule has 0 saturated carbocycles. The molecule has 0 fully saturated rings. The van der Waals surface area contributed by atoms with Gasteiger partial charge >= 0.3 is 5.97 Å². The molecule has 22 heavy (non-hydrogen) atoms. The quantitative estimate of drug-likeness (QED) is 0.397. The van der Waals surface area contributed by atoms with Crippen molar-refractivity contribution < 1.29 is 30.8 Å². The van der Waals surface area contributed by atoms with Crippen LogP contribution in [0.25, 0.3) is 0 Å². The smallest absolute Gasteiger partial charge is 0.335 e. The lowest BCUT2D eigenvalue weighted by molar-refractivity contribution is -0.996. The van der Waals surface area contributed by atoms with Gasteiger partial charge in [-0.1, -0.05) is 6.07 Å².